The number of hydrogen-bond donors (Lipinski definition) is 0. The maximum atomic E-state index is 12.3. The van der Waals surface area contributed by atoms with Gasteiger partial charge in [0, 0.05) is 32.1 Å². The number of esters is 3. The SMILES string of the molecule is CCCCCCCCCCCCSc1nc(-n2cc(-c3ccccc3)nn2)c2ncn([C@@H]3O[C@H](COC(C)=O)[C@@H](OC(C)=O)[C@H]3OC(C)=O)c2n1. The van der Waals surface area contributed by atoms with Crippen LogP contribution in [0.3, 0.4) is 0 Å². The van der Waals surface area contributed by atoms with Gasteiger partial charge in [-0.05, 0) is 6.42 Å². The third-order valence-corrected chi connectivity index (χ3v) is 9.44. The average Bonchev–Trinajstić information content (AvgIpc) is 3.84. The molecule has 5 rings (SSSR count). The number of aromatic nitrogens is 7. The van der Waals surface area contributed by atoms with Crippen LogP contribution in [0.25, 0.3) is 28.2 Å². The topological polar surface area (TPSA) is 162 Å². The predicted octanol–water partition coefficient (Wildman–Crippen LogP) is 6.41. The number of rotatable bonds is 19. The molecule has 1 saturated heterocycles. The average molecular weight is 722 g/mol. The Labute approximate surface area is 302 Å². The fourth-order valence-electron chi connectivity index (χ4n) is 6.07. The maximum Gasteiger partial charge on any atom is 0.303 e. The highest BCUT2D eigenvalue weighted by Gasteiger charge is 2.51. The van der Waals surface area contributed by atoms with Crippen molar-refractivity contribution in [3.05, 3.63) is 42.9 Å². The van der Waals surface area contributed by atoms with Crippen molar-refractivity contribution < 1.29 is 33.3 Å². The van der Waals surface area contributed by atoms with Gasteiger partial charge < -0.3 is 18.9 Å². The lowest BCUT2D eigenvalue weighted by Crippen LogP contribution is -2.40. The molecule has 1 aliphatic heterocycles. The van der Waals surface area contributed by atoms with Crippen LogP contribution in [0.1, 0.15) is 98.1 Å². The number of unbranched alkanes of at least 4 members (excludes halogenated alkanes) is 9. The van der Waals surface area contributed by atoms with Crippen LogP contribution in [0.5, 0.6) is 0 Å². The summed E-state index contributed by atoms with van der Waals surface area (Å²) in [7, 11) is 0. The quantitative estimate of drug-likeness (QED) is 0.0344. The van der Waals surface area contributed by atoms with Gasteiger partial charge >= 0.3 is 17.9 Å². The van der Waals surface area contributed by atoms with Crippen molar-refractivity contribution in [3.8, 4) is 17.1 Å². The normalized spacial score (nSPS) is 18.6. The molecule has 4 atom stereocenters. The van der Waals surface area contributed by atoms with Gasteiger partial charge in [0.15, 0.2) is 40.6 Å². The smallest absolute Gasteiger partial charge is 0.303 e. The van der Waals surface area contributed by atoms with E-state index < -0.39 is 42.4 Å². The van der Waals surface area contributed by atoms with Crippen molar-refractivity contribution >= 4 is 40.8 Å². The molecule has 0 radical (unpaired) electrons. The molecule has 1 aliphatic rings. The van der Waals surface area contributed by atoms with Crippen LogP contribution in [-0.4, -0.2) is 83.1 Å². The number of fused-ring (bicyclic) bond motifs is 1. The van der Waals surface area contributed by atoms with Gasteiger partial charge in [0.25, 0.3) is 0 Å². The lowest BCUT2D eigenvalue weighted by Gasteiger charge is -2.23. The van der Waals surface area contributed by atoms with Crippen LogP contribution in [0, 0.1) is 0 Å². The summed E-state index contributed by atoms with van der Waals surface area (Å²) in [5.74, 6) is -0.529. The Morgan fingerprint density at radius 2 is 1.51 bits per heavy atom. The number of benzene rings is 1. The summed E-state index contributed by atoms with van der Waals surface area (Å²) in [4.78, 5) is 50.5. The van der Waals surface area contributed by atoms with Crippen LogP contribution < -0.4 is 0 Å². The van der Waals surface area contributed by atoms with E-state index in [9.17, 15) is 14.4 Å². The molecular formula is C36H47N7O7S. The Balaban J connectivity index is 1.42. The van der Waals surface area contributed by atoms with Gasteiger partial charge in [-0.3, -0.25) is 19.0 Å². The van der Waals surface area contributed by atoms with E-state index in [0.717, 1.165) is 24.2 Å². The zero-order chi connectivity index (χ0) is 36.2. The number of ether oxygens (including phenoxy) is 4. The first-order valence-corrected chi connectivity index (χ1v) is 18.7. The summed E-state index contributed by atoms with van der Waals surface area (Å²) in [6.45, 7) is 5.78. The summed E-state index contributed by atoms with van der Waals surface area (Å²) >= 11 is 1.53. The molecule has 3 aromatic heterocycles. The molecule has 4 heterocycles. The second-order valence-electron chi connectivity index (χ2n) is 12.6. The van der Waals surface area contributed by atoms with Gasteiger partial charge in [-0.1, -0.05) is 112 Å². The second-order valence-corrected chi connectivity index (χ2v) is 13.7. The van der Waals surface area contributed by atoms with Crippen LogP contribution in [0.2, 0.25) is 0 Å². The summed E-state index contributed by atoms with van der Waals surface area (Å²) < 4.78 is 26.0. The highest BCUT2D eigenvalue weighted by molar-refractivity contribution is 7.99. The molecule has 51 heavy (non-hydrogen) atoms. The van der Waals surface area contributed by atoms with Crippen molar-refractivity contribution in [2.24, 2.45) is 0 Å². The van der Waals surface area contributed by atoms with Gasteiger partial charge in [-0.25, -0.2) is 15.0 Å². The Bertz CT molecular complexity index is 1750. The van der Waals surface area contributed by atoms with Crippen LogP contribution >= 0.6 is 11.8 Å². The van der Waals surface area contributed by atoms with E-state index in [4.69, 9.17) is 28.9 Å². The van der Waals surface area contributed by atoms with E-state index in [1.54, 1.807) is 15.4 Å². The molecule has 1 aromatic carbocycles. The number of carbonyl (C=O) groups excluding carboxylic acids is 3. The molecule has 274 valence electrons. The van der Waals surface area contributed by atoms with Gasteiger partial charge in [-0.15, -0.1) is 5.10 Å². The molecule has 0 aliphatic carbocycles. The van der Waals surface area contributed by atoms with Gasteiger partial charge in [0.2, 0.25) is 0 Å². The lowest BCUT2D eigenvalue weighted by atomic mass is 10.1. The molecule has 0 bridgehead atoms. The Kier molecular flexibility index (Phi) is 13.9. The standard InChI is InChI=1S/C36H47N7O7S/c1-5-6-7-8-9-10-11-12-13-17-20-51-36-38-33-30(34(39-36)43-21-28(40-41-43)27-18-15-14-16-19-27)37-23-42(33)35-32(49-26(4)46)31(48-25(3)45)29(50-35)22-47-24(2)44/h14-16,18-19,21,23,29,31-32,35H,5-13,17,20,22H2,1-4H3/t29-,31-,32-,35-/m1/s1. The summed E-state index contributed by atoms with van der Waals surface area (Å²) in [6, 6.07) is 9.69. The first kappa shape index (κ1) is 37.9. The Hall–Kier alpha value is -4.37. The van der Waals surface area contributed by atoms with Crippen LogP contribution in [-0.2, 0) is 33.3 Å². The third kappa shape index (κ3) is 10.3. The predicted molar refractivity (Wildman–Crippen MR) is 190 cm³/mol. The molecule has 14 nitrogen and oxygen atoms in total. The van der Waals surface area contributed by atoms with Gasteiger partial charge in [0.05, 0.1) is 12.5 Å². The second kappa shape index (κ2) is 18.7. The molecule has 0 saturated carbocycles. The van der Waals surface area contributed by atoms with Crippen molar-refractivity contribution in [1.29, 1.82) is 0 Å². The molecular weight excluding hydrogens is 675 g/mol. The lowest BCUT2D eigenvalue weighted by molar-refractivity contribution is -0.166. The zero-order valence-electron chi connectivity index (χ0n) is 29.7. The van der Waals surface area contributed by atoms with E-state index in [0.29, 0.717) is 27.8 Å². The van der Waals surface area contributed by atoms with Crippen LogP contribution in [0.15, 0.2) is 48.0 Å². The molecule has 15 heteroatoms. The molecule has 1 fully saturated rings. The summed E-state index contributed by atoms with van der Waals surface area (Å²) in [6.07, 6.45) is 11.6. The maximum absolute atomic E-state index is 12.3. The molecule has 0 amide bonds. The summed E-state index contributed by atoms with van der Waals surface area (Å²) in [5, 5.41) is 9.27. The minimum Gasteiger partial charge on any atom is -0.463 e. The van der Waals surface area contributed by atoms with Crippen LogP contribution in [0.4, 0.5) is 0 Å². The minimum absolute atomic E-state index is 0.227. The first-order valence-electron chi connectivity index (χ1n) is 17.7. The highest BCUT2D eigenvalue weighted by Crippen LogP contribution is 2.37. The first-order chi connectivity index (χ1) is 24.7. The molecule has 4 aromatic rings. The molecule has 0 N–H and O–H groups in total. The number of imidazole rings is 1. The largest absolute Gasteiger partial charge is 0.463 e. The van der Waals surface area contributed by atoms with E-state index in [1.807, 2.05) is 30.3 Å². The number of thioether (sulfide) groups is 1. The monoisotopic (exact) mass is 721 g/mol. The van der Waals surface area contributed by atoms with E-state index >= 15 is 0 Å². The Morgan fingerprint density at radius 3 is 2.18 bits per heavy atom. The summed E-state index contributed by atoms with van der Waals surface area (Å²) in [5.41, 5.74) is 2.35. The number of hydrogen-bond acceptors (Lipinski definition) is 13. The fraction of sp³-hybridized carbons (Fsp3) is 0.556. The molecule has 0 unspecified atom stereocenters. The number of nitrogens with zero attached hydrogens (tertiary/aromatic N) is 7. The molecule has 0 spiro atoms. The highest BCUT2D eigenvalue weighted by atomic mass is 32.2. The minimum atomic E-state index is -1.10. The van der Waals surface area contributed by atoms with Crippen molar-refractivity contribution in [2.45, 2.75) is 122 Å². The Morgan fingerprint density at radius 1 is 0.843 bits per heavy atom. The van der Waals surface area contributed by atoms with Gasteiger partial charge in [0.1, 0.15) is 18.4 Å². The van der Waals surface area contributed by atoms with E-state index in [-0.39, 0.29) is 6.61 Å². The zero-order valence-corrected chi connectivity index (χ0v) is 30.5. The van der Waals surface area contributed by atoms with Crippen molar-refractivity contribution in [3.63, 3.8) is 0 Å². The number of carbonyl (C=O) groups is 3. The van der Waals surface area contributed by atoms with Crippen molar-refractivity contribution in [2.75, 3.05) is 12.4 Å². The van der Waals surface area contributed by atoms with Crippen molar-refractivity contribution in [1.82, 2.24) is 34.5 Å². The van der Waals surface area contributed by atoms with E-state index in [1.165, 1.54) is 90.2 Å². The van der Waals surface area contributed by atoms with E-state index in [2.05, 4.69) is 22.2 Å². The van der Waals surface area contributed by atoms with Gasteiger partial charge in [-0.2, -0.15) is 4.68 Å². The third-order valence-electron chi connectivity index (χ3n) is 8.51. The fourth-order valence-corrected chi connectivity index (χ4v) is 6.90.